The molecule has 3 rings (SSSR count). The Morgan fingerprint density at radius 3 is 2.92 bits per heavy atom. The van der Waals surface area contributed by atoms with E-state index in [-0.39, 0.29) is 5.78 Å². The van der Waals surface area contributed by atoms with Crippen molar-refractivity contribution in [1.29, 1.82) is 0 Å². The van der Waals surface area contributed by atoms with Crippen LogP contribution >= 0.6 is 12.2 Å². The Morgan fingerprint density at radius 1 is 1.42 bits per heavy atom. The summed E-state index contributed by atoms with van der Waals surface area (Å²) in [6, 6.07) is 5.07. The van der Waals surface area contributed by atoms with E-state index in [2.05, 4.69) is 11.4 Å². The summed E-state index contributed by atoms with van der Waals surface area (Å²) in [4.78, 5) is 24.2. The summed E-state index contributed by atoms with van der Waals surface area (Å²) < 4.78 is 5.23. The van der Waals surface area contributed by atoms with Crippen molar-refractivity contribution in [3.8, 4) is 5.75 Å². The number of ketones is 1. The largest absolute Gasteiger partial charge is 0.497 e. The topological polar surface area (TPSA) is 75.6 Å². The van der Waals surface area contributed by atoms with Crippen LogP contribution in [0.2, 0.25) is 0 Å². The lowest BCUT2D eigenvalue weighted by molar-refractivity contribution is -0.141. The first-order valence-corrected chi connectivity index (χ1v) is 8.28. The fourth-order valence-electron chi connectivity index (χ4n) is 3.33. The molecule has 24 heavy (non-hydrogen) atoms. The average Bonchev–Trinajstić information content (AvgIpc) is 3.14. The van der Waals surface area contributed by atoms with Crippen LogP contribution in [0.15, 0.2) is 23.8 Å². The Kier molecular flexibility index (Phi) is 4.78. The van der Waals surface area contributed by atoms with Crippen molar-refractivity contribution in [1.82, 2.24) is 5.32 Å². The third-order valence-corrected chi connectivity index (χ3v) is 5.01. The number of carboxylic acid groups (broad SMARTS) is 1. The Bertz CT molecular complexity index is 741. The van der Waals surface area contributed by atoms with Gasteiger partial charge >= 0.3 is 5.97 Å². The maximum Gasteiger partial charge on any atom is 0.321 e. The molecule has 0 spiro atoms. The number of hydrogen-bond donors (Lipinski definition) is 2. The van der Waals surface area contributed by atoms with Crippen molar-refractivity contribution in [2.24, 2.45) is 5.92 Å². The van der Waals surface area contributed by atoms with Crippen molar-refractivity contribution >= 4 is 34.9 Å². The van der Waals surface area contributed by atoms with Gasteiger partial charge in [-0.25, -0.2) is 0 Å². The van der Waals surface area contributed by atoms with Crippen molar-refractivity contribution in [2.45, 2.75) is 25.3 Å². The second-order valence-corrected chi connectivity index (χ2v) is 6.68. The molecular weight excluding hydrogens is 326 g/mol. The molecule has 0 amide bonds. The predicted molar refractivity (Wildman–Crippen MR) is 94.4 cm³/mol. The van der Waals surface area contributed by atoms with E-state index in [0.717, 1.165) is 17.7 Å². The molecule has 0 bridgehead atoms. The number of allylic oxidation sites excluding steroid dienone is 1. The number of carbonyl (C=O) groups is 2. The van der Waals surface area contributed by atoms with Crippen LogP contribution in [0, 0.1) is 5.92 Å². The second kappa shape index (κ2) is 6.83. The number of ether oxygens (including phenoxy) is 1. The summed E-state index contributed by atoms with van der Waals surface area (Å²) in [6.07, 6.45) is 3.85. The van der Waals surface area contributed by atoms with Crippen LogP contribution in [0.25, 0.3) is 6.08 Å². The molecular formula is C18H19NO4S. The maximum absolute atomic E-state index is 12.5. The van der Waals surface area contributed by atoms with E-state index in [1.807, 2.05) is 18.2 Å². The summed E-state index contributed by atoms with van der Waals surface area (Å²) in [5, 5.41) is 12.0. The van der Waals surface area contributed by atoms with Gasteiger partial charge in [-0.05, 0) is 36.1 Å². The standard InChI is InChI=1S/C18H19NO4S/c1-23-13-4-3-11-6-10(7-12(11)8-13)2-5-14(20)16-15(24)9-19-17(16)18(21)22/h3-4,7-8,16-17,19H,2,5-6,9H2,1H3,(H,21,22)/t16?,17-/m0/s1. The van der Waals surface area contributed by atoms with Gasteiger partial charge in [-0.2, -0.15) is 0 Å². The van der Waals surface area contributed by atoms with Gasteiger partial charge in [0.1, 0.15) is 17.6 Å². The molecule has 1 saturated heterocycles. The van der Waals surface area contributed by atoms with E-state index in [0.29, 0.717) is 24.3 Å². The molecule has 2 aliphatic rings. The number of fused-ring (bicyclic) bond motifs is 1. The van der Waals surface area contributed by atoms with Crippen LogP contribution in [0.5, 0.6) is 5.75 Å². The van der Waals surface area contributed by atoms with E-state index in [1.54, 1.807) is 7.11 Å². The van der Waals surface area contributed by atoms with Gasteiger partial charge in [0.25, 0.3) is 0 Å². The van der Waals surface area contributed by atoms with E-state index < -0.39 is 17.9 Å². The minimum atomic E-state index is -1.02. The first-order valence-electron chi connectivity index (χ1n) is 7.87. The van der Waals surface area contributed by atoms with Gasteiger partial charge in [0.05, 0.1) is 13.0 Å². The Labute approximate surface area is 145 Å². The number of carboxylic acids is 1. The molecule has 1 aromatic carbocycles. The molecule has 1 aliphatic carbocycles. The molecule has 5 nitrogen and oxygen atoms in total. The fourth-order valence-corrected chi connectivity index (χ4v) is 3.68. The van der Waals surface area contributed by atoms with Gasteiger partial charge in [0, 0.05) is 17.8 Å². The Balaban J connectivity index is 1.63. The molecule has 0 aromatic heterocycles. The fraction of sp³-hybridized carbons (Fsp3) is 0.389. The molecule has 1 fully saturated rings. The molecule has 1 unspecified atom stereocenters. The van der Waals surface area contributed by atoms with Crippen LogP contribution in [0.3, 0.4) is 0 Å². The van der Waals surface area contributed by atoms with Crippen LogP contribution in [-0.4, -0.2) is 41.4 Å². The number of benzene rings is 1. The normalized spacial score (nSPS) is 22.2. The van der Waals surface area contributed by atoms with E-state index in [4.69, 9.17) is 17.0 Å². The number of hydrogen-bond acceptors (Lipinski definition) is 5. The highest BCUT2D eigenvalue weighted by molar-refractivity contribution is 7.80. The first kappa shape index (κ1) is 16.8. The average molecular weight is 345 g/mol. The van der Waals surface area contributed by atoms with E-state index in [1.165, 1.54) is 11.1 Å². The monoisotopic (exact) mass is 345 g/mol. The molecule has 0 radical (unpaired) electrons. The number of nitrogens with one attached hydrogen (secondary N) is 1. The van der Waals surface area contributed by atoms with Crippen LogP contribution in [-0.2, 0) is 16.0 Å². The highest BCUT2D eigenvalue weighted by Crippen LogP contribution is 2.31. The summed E-state index contributed by atoms with van der Waals surface area (Å²) in [5.74, 6) is -0.990. The number of aliphatic carboxylic acids is 1. The lowest BCUT2D eigenvalue weighted by Crippen LogP contribution is -2.39. The molecule has 1 aromatic rings. The van der Waals surface area contributed by atoms with Crippen LogP contribution in [0.4, 0.5) is 0 Å². The van der Waals surface area contributed by atoms with Crippen LogP contribution < -0.4 is 10.1 Å². The smallest absolute Gasteiger partial charge is 0.321 e. The van der Waals surface area contributed by atoms with Crippen molar-refractivity contribution < 1.29 is 19.4 Å². The SMILES string of the molecule is COc1ccc2c(c1)C=C(CCC(=O)C1C(=S)CN[C@@H]1C(=O)O)C2. The molecule has 6 heteroatoms. The van der Waals surface area contributed by atoms with Gasteiger partial charge in [-0.3, -0.25) is 14.9 Å². The second-order valence-electron chi connectivity index (χ2n) is 6.15. The number of methoxy groups -OCH3 is 1. The minimum Gasteiger partial charge on any atom is -0.497 e. The molecule has 2 N–H and O–H groups in total. The maximum atomic E-state index is 12.5. The molecule has 126 valence electrons. The van der Waals surface area contributed by atoms with E-state index in [9.17, 15) is 14.7 Å². The summed E-state index contributed by atoms with van der Waals surface area (Å²) in [7, 11) is 1.64. The number of carbonyl (C=O) groups excluding carboxylic acids is 1. The highest BCUT2D eigenvalue weighted by atomic mass is 32.1. The predicted octanol–water partition coefficient (Wildman–Crippen LogP) is 2.03. The summed E-state index contributed by atoms with van der Waals surface area (Å²) in [6.45, 7) is 0.316. The third-order valence-electron chi connectivity index (χ3n) is 4.61. The zero-order valence-corrected chi connectivity index (χ0v) is 14.2. The van der Waals surface area contributed by atoms with E-state index >= 15 is 0 Å². The first-order chi connectivity index (χ1) is 11.5. The molecule has 1 aliphatic heterocycles. The Hall–Kier alpha value is -2.05. The van der Waals surface area contributed by atoms with Crippen molar-refractivity contribution in [2.75, 3.05) is 13.7 Å². The van der Waals surface area contributed by atoms with Crippen molar-refractivity contribution in [3.05, 3.63) is 34.9 Å². The Morgan fingerprint density at radius 2 is 2.21 bits per heavy atom. The molecule has 2 atom stereocenters. The lowest BCUT2D eigenvalue weighted by atomic mass is 9.91. The van der Waals surface area contributed by atoms with Gasteiger partial charge < -0.3 is 9.84 Å². The quantitative estimate of drug-likeness (QED) is 0.769. The number of rotatable bonds is 6. The summed E-state index contributed by atoms with van der Waals surface area (Å²) >= 11 is 5.17. The minimum absolute atomic E-state index is 0.0909. The zero-order chi connectivity index (χ0) is 17.3. The lowest BCUT2D eigenvalue weighted by Gasteiger charge is -2.14. The molecule has 0 saturated carbocycles. The van der Waals surface area contributed by atoms with Gasteiger partial charge in [0.15, 0.2) is 0 Å². The molecule has 1 heterocycles. The van der Waals surface area contributed by atoms with Crippen molar-refractivity contribution in [3.63, 3.8) is 0 Å². The van der Waals surface area contributed by atoms with Crippen LogP contribution in [0.1, 0.15) is 24.0 Å². The van der Waals surface area contributed by atoms with Gasteiger partial charge in [-0.1, -0.05) is 29.9 Å². The zero-order valence-electron chi connectivity index (χ0n) is 13.4. The third kappa shape index (κ3) is 3.25. The van der Waals surface area contributed by atoms with Gasteiger partial charge in [-0.15, -0.1) is 0 Å². The number of thiocarbonyl (C=S) groups is 1. The van der Waals surface area contributed by atoms with Gasteiger partial charge in [0.2, 0.25) is 0 Å². The number of Topliss-reactive ketones (excluding diaryl/α,β-unsaturated/α-hetero) is 1. The summed E-state index contributed by atoms with van der Waals surface area (Å²) in [5.41, 5.74) is 3.52. The highest BCUT2D eigenvalue weighted by Gasteiger charge is 2.40.